The maximum Gasteiger partial charge on any atom is 0.317 e. The maximum atomic E-state index is 12.0. The number of methoxy groups -OCH3 is 2. The quantitative estimate of drug-likeness (QED) is 0.731. The van der Waals surface area contributed by atoms with Gasteiger partial charge in [-0.25, -0.2) is 4.79 Å². The van der Waals surface area contributed by atoms with Crippen molar-refractivity contribution in [3.63, 3.8) is 0 Å². The second-order valence-electron chi connectivity index (χ2n) is 5.86. The third-order valence-corrected chi connectivity index (χ3v) is 4.24. The topological polar surface area (TPSA) is 93.9 Å². The summed E-state index contributed by atoms with van der Waals surface area (Å²) in [6.45, 7) is 1.57. The van der Waals surface area contributed by atoms with Crippen LogP contribution in [0.5, 0.6) is 11.5 Å². The highest BCUT2D eigenvalue weighted by Crippen LogP contribution is 2.27. The first kappa shape index (κ1) is 17.9. The van der Waals surface area contributed by atoms with Crippen LogP contribution in [0.3, 0.4) is 0 Å². The SMILES string of the molecule is COc1ccc(CCCNC(=O)N2CCC(C(N)=O)C2)cc1OC. The van der Waals surface area contributed by atoms with Crippen LogP contribution in [0.15, 0.2) is 18.2 Å². The number of aryl methyl sites for hydroxylation is 1. The van der Waals surface area contributed by atoms with Crippen LogP contribution < -0.4 is 20.5 Å². The summed E-state index contributed by atoms with van der Waals surface area (Å²) < 4.78 is 10.5. The summed E-state index contributed by atoms with van der Waals surface area (Å²) in [4.78, 5) is 24.8. The number of benzene rings is 1. The minimum absolute atomic E-state index is 0.133. The number of rotatable bonds is 7. The van der Waals surface area contributed by atoms with Crippen LogP contribution in [0.1, 0.15) is 18.4 Å². The van der Waals surface area contributed by atoms with Crippen molar-refractivity contribution in [1.29, 1.82) is 0 Å². The summed E-state index contributed by atoms with van der Waals surface area (Å²) in [5.74, 6) is 0.849. The second-order valence-corrected chi connectivity index (χ2v) is 5.86. The van der Waals surface area contributed by atoms with Gasteiger partial charge in [0.25, 0.3) is 0 Å². The standard InChI is InChI=1S/C17H25N3O4/c1-23-14-6-5-12(10-15(14)24-2)4-3-8-19-17(22)20-9-7-13(11-20)16(18)21/h5-6,10,13H,3-4,7-9,11H2,1-2H3,(H2,18,21)(H,19,22). The highest BCUT2D eigenvalue weighted by molar-refractivity contribution is 5.80. The molecule has 1 fully saturated rings. The summed E-state index contributed by atoms with van der Waals surface area (Å²) in [5.41, 5.74) is 6.40. The molecule has 1 unspecified atom stereocenters. The normalized spacial score (nSPS) is 16.8. The van der Waals surface area contributed by atoms with E-state index >= 15 is 0 Å². The molecule has 132 valence electrons. The summed E-state index contributed by atoms with van der Waals surface area (Å²) in [6, 6.07) is 5.67. The molecule has 0 spiro atoms. The summed E-state index contributed by atoms with van der Waals surface area (Å²) in [7, 11) is 3.21. The van der Waals surface area contributed by atoms with Crippen molar-refractivity contribution >= 4 is 11.9 Å². The van der Waals surface area contributed by atoms with Gasteiger partial charge < -0.3 is 25.4 Å². The Kier molecular flexibility index (Phi) is 6.28. The molecule has 1 aliphatic rings. The Morgan fingerprint density at radius 1 is 1.29 bits per heavy atom. The average Bonchev–Trinajstić information content (AvgIpc) is 3.08. The maximum absolute atomic E-state index is 12.0. The van der Waals surface area contributed by atoms with Crippen LogP contribution in [0, 0.1) is 5.92 Å². The molecule has 1 aromatic carbocycles. The highest BCUT2D eigenvalue weighted by atomic mass is 16.5. The summed E-state index contributed by atoms with van der Waals surface area (Å²) in [6.07, 6.45) is 2.28. The van der Waals surface area contributed by atoms with Crippen molar-refractivity contribution < 1.29 is 19.1 Å². The number of ether oxygens (including phenoxy) is 2. The van der Waals surface area contributed by atoms with E-state index in [9.17, 15) is 9.59 Å². The van der Waals surface area contributed by atoms with E-state index in [1.165, 1.54) is 0 Å². The Balaban J connectivity index is 1.73. The van der Waals surface area contributed by atoms with E-state index in [1.807, 2.05) is 18.2 Å². The molecule has 1 atom stereocenters. The number of amides is 3. The van der Waals surface area contributed by atoms with Crippen molar-refractivity contribution in [3.05, 3.63) is 23.8 Å². The number of hydrogen-bond acceptors (Lipinski definition) is 4. The summed E-state index contributed by atoms with van der Waals surface area (Å²) >= 11 is 0. The van der Waals surface area contributed by atoms with Crippen molar-refractivity contribution in [2.45, 2.75) is 19.3 Å². The predicted octanol–water partition coefficient (Wildman–Crippen LogP) is 1.15. The average molecular weight is 335 g/mol. The monoisotopic (exact) mass is 335 g/mol. The number of nitrogens with one attached hydrogen (secondary N) is 1. The lowest BCUT2D eigenvalue weighted by atomic mass is 10.1. The van der Waals surface area contributed by atoms with Gasteiger partial charge in [0.1, 0.15) is 0 Å². The van der Waals surface area contributed by atoms with E-state index in [-0.39, 0.29) is 17.9 Å². The number of carbonyl (C=O) groups excluding carboxylic acids is 2. The Morgan fingerprint density at radius 3 is 2.67 bits per heavy atom. The van der Waals surface area contributed by atoms with Crippen LogP contribution >= 0.6 is 0 Å². The molecule has 3 amide bonds. The number of urea groups is 1. The minimum atomic E-state index is -0.334. The van der Waals surface area contributed by atoms with Crippen LogP contribution in [-0.4, -0.2) is 50.7 Å². The Labute approximate surface area is 142 Å². The van der Waals surface area contributed by atoms with Gasteiger partial charge in [0, 0.05) is 19.6 Å². The van der Waals surface area contributed by atoms with Crippen LogP contribution in [0.4, 0.5) is 4.79 Å². The van der Waals surface area contributed by atoms with Crippen molar-refractivity contribution in [2.75, 3.05) is 33.9 Å². The Hall–Kier alpha value is -2.44. The molecule has 1 saturated heterocycles. The number of likely N-dealkylation sites (tertiary alicyclic amines) is 1. The molecule has 3 N–H and O–H groups in total. The Morgan fingerprint density at radius 2 is 2.04 bits per heavy atom. The highest BCUT2D eigenvalue weighted by Gasteiger charge is 2.29. The largest absolute Gasteiger partial charge is 0.493 e. The lowest BCUT2D eigenvalue weighted by Crippen LogP contribution is -2.39. The van der Waals surface area contributed by atoms with Crippen LogP contribution in [-0.2, 0) is 11.2 Å². The molecule has 24 heavy (non-hydrogen) atoms. The third-order valence-electron chi connectivity index (χ3n) is 4.24. The van der Waals surface area contributed by atoms with E-state index in [2.05, 4.69) is 5.32 Å². The zero-order chi connectivity index (χ0) is 17.5. The van der Waals surface area contributed by atoms with Gasteiger partial charge in [0.15, 0.2) is 11.5 Å². The van der Waals surface area contributed by atoms with Gasteiger partial charge in [-0.1, -0.05) is 6.07 Å². The fourth-order valence-corrected chi connectivity index (χ4v) is 2.81. The molecular formula is C17H25N3O4. The van der Waals surface area contributed by atoms with Gasteiger partial charge in [-0.05, 0) is 37.0 Å². The molecule has 0 aromatic heterocycles. The molecule has 7 nitrogen and oxygen atoms in total. The molecule has 0 aliphatic carbocycles. The number of carbonyl (C=O) groups is 2. The van der Waals surface area contributed by atoms with Gasteiger partial charge >= 0.3 is 6.03 Å². The third kappa shape index (κ3) is 4.53. The first-order chi connectivity index (χ1) is 11.5. The smallest absolute Gasteiger partial charge is 0.317 e. The van der Waals surface area contributed by atoms with Crippen molar-refractivity contribution in [2.24, 2.45) is 11.7 Å². The first-order valence-corrected chi connectivity index (χ1v) is 8.08. The van der Waals surface area contributed by atoms with Crippen LogP contribution in [0.25, 0.3) is 0 Å². The van der Waals surface area contributed by atoms with E-state index in [1.54, 1.807) is 19.1 Å². The van der Waals surface area contributed by atoms with E-state index in [0.717, 1.165) is 18.4 Å². The number of primary amides is 1. The molecule has 0 bridgehead atoms. The predicted molar refractivity (Wildman–Crippen MR) is 90.1 cm³/mol. The molecular weight excluding hydrogens is 310 g/mol. The number of nitrogens with two attached hydrogens (primary N) is 1. The van der Waals surface area contributed by atoms with Gasteiger partial charge in [-0.3, -0.25) is 4.79 Å². The minimum Gasteiger partial charge on any atom is -0.493 e. The molecule has 1 aliphatic heterocycles. The van der Waals surface area contributed by atoms with Gasteiger partial charge in [-0.15, -0.1) is 0 Å². The molecule has 0 radical (unpaired) electrons. The van der Waals surface area contributed by atoms with E-state index < -0.39 is 0 Å². The van der Waals surface area contributed by atoms with E-state index in [0.29, 0.717) is 37.6 Å². The number of hydrogen-bond donors (Lipinski definition) is 2. The number of nitrogens with zero attached hydrogens (tertiary/aromatic N) is 1. The lowest BCUT2D eigenvalue weighted by Gasteiger charge is -2.17. The fourth-order valence-electron chi connectivity index (χ4n) is 2.81. The van der Waals surface area contributed by atoms with Crippen molar-refractivity contribution in [3.8, 4) is 11.5 Å². The van der Waals surface area contributed by atoms with Gasteiger partial charge in [0.05, 0.1) is 20.1 Å². The van der Waals surface area contributed by atoms with Crippen LogP contribution in [0.2, 0.25) is 0 Å². The zero-order valence-corrected chi connectivity index (χ0v) is 14.2. The second kappa shape index (κ2) is 8.42. The van der Waals surface area contributed by atoms with E-state index in [4.69, 9.17) is 15.2 Å². The molecule has 0 saturated carbocycles. The van der Waals surface area contributed by atoms with Gasteiger partial charge in [-0.2, -0.15) is 0 Å². The zero-order valence-electron chi connectivity index (χ0n) is 14.2. The Bertz CT molecular complexity index is 591. The molecule has 2 rings (SSSR count). The molecule has 1 aromatic rings. The first-order valence-electron chi connectivity index (χ1n) is 8.08. The molecule has 7 heteroatoms. The summed E-state index contributed by atoms with van der Waals surface area (Å²) in [5, 5.41) is 2.88. The van der Waals surface area contributed by atoms with Crippen molar-refractivity contribution in [1.82, 2.24) is 10.2 Å². The van der Waals surface area contributed by atoms with Gasteiger partial charge in [0.2, 0.25) is 5.91 Å². The fraction of sp³-hybridized carbons (Fsp3) is 0.529. The molecule has 1 heterocycles. The lowest BCUT2D eigenvalue weighted by molar-refractivity contribution is -0.121.